The first-order valence-electron chi connectivity index (χ1n) is 7.04. The SMILES string of the molecule is OC[C@H]1OC(O)(CO[C@H]2O[C@H](CO)[C@@H](O)[C@H](O)[C@H]2O)[C@@H](O)[C@@H]1O. The van der Waals surface area contributed by atoms with Crippen LogP contribution in [0.2, 0.25) is 0 Å². The lowest BCUT2D eigenvalue weighted by molar-refractivity contribution is -0.332. The third-order valence-corrected chi connectivity index (χ3v) is 4.00. The first-order chi connectivity index (χ1) is 10.7. The van der Waals surface area contributed by atoms with Gasteiger partial charge in [-0.2, -0.15) is 0 Å². The molecule has 11 nitrogen and oxygen atoms in total. The zero-order valence-electron chi connectivity index (χ0n) is 12.0. The molecule has 0 amide bonds. The van der Waals surface area contributed by atoms with Crippen molar-refractivity contribution in [2.75, 3.05) is 19.8 Å². The molecule has 2 saturated heterocycles. The lowest BCUT2D eigenvalue weighted by atomic mass is 9.99. The Balaban J connectivity index is 1.99. The Labute approximate surface area is 130 Å². The molecule has 2 rings (SSSR count). The van der Waals surface area contributed by atoms with Crippen molar-refractivity contribution in [3.63, 3.8) is 0 Å². The molecule has 0 radical (unpaired) electrons. The molecule has 136 valence electrons. The van der Waals surface area contributed by atoms with Crippen molar-refractivity contribution >= 4 is 0 Å². The van der Waals surface area contributed by atoms with Gasteiger partial charge in [0.15, 0.2) is 6.29 Å². The van der Waals surface area contributed by atoms with E-state index in [0.717, 1.165) is 0 Å². The van der Waals surface area contributed by atoms with Crippen molar-refractivity contribution in [2.24, 2.45) is 0 Å². The highest BCUT2D eigenvalue weighted by atomic mass is 16.7. The second-order valence-electron chi connectivity index (χ2n) is 5.63. The van der Waals surface area contributed by atoms with Crippen LogP contribution >= 0.6 is 0 Å². The van der Waals surface area contributed by atoms with E-state index in [1.807, 2.05) is 0 Å². The molecule has 2 aliphatic rings. The Morgan fingerprint density at radius 2 is 1.43 bits per heavy atom. The number of hydrogen-bond acceptors (Lipinski definition) is 11. The van der Waals surface area contributed by atoms with Crippen molar-refractivity contribution in [2.45, 2.75) is 54.8 Å². The Bertz CT molecular complexity index is 393. The first kappa shape index (κ1) is 18.9. The van der Waals surface area contributed by atoms with Crippen LogP contribution in [0.1, 0.15) is 0 Å². The minimum atomic E-state index is -2.37. The molecule has 0 aromatic heterocycles. The summed E-state index contributed by atoms with van der Waals surface area (Å²) in [5, 5.41) is 76.5. The Morgan fingerprint density at radius 3 is 1.96 bits per heavy atom. The van der Waals surface area contributed by atoms with E-state index in [9.17, 15) is 30.6 Å². The van der Waals surface area contributed by atoms with Gasteiger partial charge in [-0.3, -0.25) is 0 Å². The molecule has 23 heavy (non-hydrogen) atoms. The second-order valence-corrected chi connectivity index (χ2v) is 5.63. The van der Waals surface area contributed by atoms with E-state index in [0.29, 0.717) is 0 Å². The van der Waals surface area contributed by atoms with Gasteiger partial charge in [-0.1, -0.05) is 0 Å². The quantitative estimate of drug-likeness (QED) is 0.238. The van der Waals surface area contributed by atoms with Gasteiger partial charge in [-0.15, -0.1) is 0 Å². The van der Waals surface area contributed by atoms with Crippen LogP contribution in [-0.2, 0) is 14.2 Å². The van der Waals surface area contributed by atoms with Gasteiger partial charge in [-0.05, 0) is 0 Å². The topological polar surface area (TPSA) is 190 Å². The summed E-state index contributed by atoms with van der Waals surface area (Å²) in [6.07, 6.45) is -12.2. The maximum absolute atomic E-state index is 10.1. The lowest BCUT2D eigenvalue weighted by Gasteiger charge is -2.40. The fourth-order valence-electron chi connectivity index (χ4n) is 2.54. The molecular weight excluding hydrogens is 320 g/mol. The van der Waals surface area contributed by atoms with E-state index < -0.39 is 74.6 Å². The van der Waals surface area contributed by atoms with Crippen LogP contribution in [0.5, 0.6) is 0 Å². The van der Waals surface area contributed by atoms with E-state index in [4.69, 9.17) is 24.4 Å². The highest BCUT2D eigenvalue weighted by Crippen LogP contribution is 2.31. The minimum absolute atomic E-state index is 0.652. The molecule has 0 aliphatic carbocycles. The highest BCUT2D eigenvalue weighted by molar-refractivity contribution is 4.96. The van der Waals surface area contributed by atoms with Crippen molar-refractivity contribution in [3.8, 4) is 0 Å². The lowest BCUT2D eigenvalue weighted by Crippen LogP contribution is -2.60. The smallest absolute Gasteiger partial charge is 0.219 e. The number of ether oxygens (including phenoxy) is 3. The molecule has 1 unspecified atom stereocenters. The van der Waals surface area contributed by atoms with Gasteiger partial charge in [-0.25, -0.2) is 0 Å². The molecule has 0 aromatic carbocycles. The normalized spacial score (nSPS) is 51.1. The van der Waals surface area contributed by atoms with E-state index in [2.05, 4.69) is 0 Å². The van der Waals surface area contributed by atoms with Crippen molar-refractivity contribution in [1.82, 2.24) is 0 Å². The summed E-state index contributed by atoms with van der Waals surface area (Å²) in [6, 6.07) is 0. The van der Waals surface area contributed by atoms with Gasteiger partial charge in [0.1, 0.15) is 49.3 Å². The maximum atomic E-state index is 10.1. The van der Waals surface area contributed by atoms with Gasteiger partial charge in [0.05, 0.1) is 13.2 Å². The van der Waals surface area contributed by atoms with E-state index in [1.54, 1.807) is 0 Å². The van der Waals surface area contributed by atoms with E-state index in [-0.39, 0.29) is 0 Å². The van der Waals surface area contributed by atoms with Crippen molar-refractivity contribution in [3.05, 3.63) is 0 Å². The van der Waals surface area contributed by atoms with Gasteiger partial charge in [0.2, 0.25) is 5.79 Å². The third-order valence-electron chi connectivity index (χ3n) is 4.00. The standard InChI is InChI=1S/C12H22O11/c13-1-4-6(15)8(17)9(18)11(22-4)21-3-12(20)10(19)7(16)5(2-14)23-12/h4-11,13-20H,1-3H2/t4-,5-,6-,7-,8+,9-,10+,11+,12?/m1/s1. The van der Waals surface area contributed by atoms with Crippen LogP contribution in [0.25, 0.3) is 0 Å². The van der Waals surface area contributed by atoms with Crippen molar-refractivity contribution in [1.29, 1.82) is 0 Å². The summed E-state index contributed by atoms with van der Waals surface area (Å²) in [7, 11) is 0. The van der Waals surface area contributed by atoms with Crippen LogP contribution in [0.4, 0.5) is 0 Å². The second kappa shape index (κ2) is 7.21. The van der Waals surface area contributed by atoms with Crippen LogP contribution in [0.3, 0.4) is 0 Å². The predicted octanol–water partition coefficient (Wildman–Crippen LogP) is -5.40. The summed E-state index contributed by atoms with van der Waals surface area (Å²) >= 11 is 0. The molecular formula is C12H22O11. The molecule has 0 saturated carbocycles. The minimum Gasteiger partial charge on any atom is -0.394 e. The Morgan fingerprint density at radius 1 is 0.826 bits per heavy atom. The monoisotopic (exact) mass is 342 g/mol. The fourth-order valence-corrected chi connectivity index (χ4v) is 2.54. The summed E-state index contributed by atoms with van der Waals surface area (Å²) in [5.74, 6) is -2.37. The van der Waals surface area contributed by atoms with Gasteiger partial charge < -0.3 is 55.1 Å². The van der Waals surface area contributed by atoms with E-state index in [1.165, 1.54) is 0 Å². The molecule has 0 aromatic rings. The van der Waals surface area contributed by atoms with Gasteiger partial charge >= 0.3 is 0 Å². The number of hydrogen-bond donors (Lipinski definition) is 8. The van der Waals surface area contributed by atoms with Crippen molar-refractivity contribution < 1.29 is 55.1 Å². The predicted molar refractivity (Wildman–Crippen MR) is 68.6 cm³/mol. The molecule has 9 atom stereocenters. The molecule has 2 heterocycles. The number of aliphatic hydroxyl groups excluding tert-OH is 7. The molecule has 0 spiro atoms. The largest absolute Gasteiger partial charge is 0.394 e. The maximum Gasteiger partial charge on any atom is 0.219 e. The molecule has 2 aliphatic heterocycles. The molecule has 11 heteroatoms. The first-order valence-corrected chi connectivity index (χ1v) is 7.04. The van der Waals surface area contributed by atoms with Crippen LogP contribution < -0.4 is 0 Å². The van der Waals surface area contributed by atoms with Gasteiger partial charge in [0.25, 0.3) is 0 Å². The van der Waals surface area contributed by atoms with Crippen LogP contribution in [-0.4, -0.2) is 115 Å². The Hall–Kier alpha value is -0.440. The van der Waals surface area contributed by atoms with Gasteiger partial charge in [0, 0.05) is 0 Å². The Kier molecular flexibility index (Phi) is 5.92. The molecule has 0 bridgehead atoms. The molecule has 8 N–H and O–H groups in total. The number of rotatable bonds is 5. The fraction of sp³-hybridized carbons (Fsp3) is 1.00. The summed E-state index contributed by atoms with van der Waals surface area (Å²) in [4.78, 5) is 0. The van der Waals surface area contributed by atoms with Crippen LogP contribution in [0.15, 0.2) is 0 Å². The summed E-state index contributed by atoms with van der Waals surface area (Å²) < 4.78 is 15.1. The summed E-state index contributed by atoms with van der Waals surface area (Å²) in [6.45, 7) is -2.08. The molecule has 2 fully saturated rings. The average Bonchev–Trinajstić information content (AvgIpc) is 2.76. The zero-order valence-corrected chi connectivity index (χ0v) is 12.0. The van der Waals surface area contributed by atoms with Crippen LogP contribution in [0, 0.1) is 0 Å². The third kappa shape index (κ3) is 3.50. The number of aliphatic hydroxyl groups is 8. The van der Waals surface area contributed by atoms with E-state index >= 15 is 0 Å². The highest BCUT2D eigenvalue weighted by Gasteiger charge is 2.54. The zero-order chi connectivity index (χ0) is 17.4. The average molecular weight is 342 g/mol. The summed E-state index contributed by atoms with van der Waals surface area (Å²) in [5.41, 5.74) is 0.